The van der Waals surface area contributed by atoms with Gasteiger partial charge < -0.3 is 15.5 Å². The third kappa shape index (κ3) is 5.88. The Morgan fingerprint density at radius 1 is 1.08 bits per heavy atom. The van der Waals surface area contributed by atoms with E-state index in [-0.39, 0.29) is 24.9 Å². The fraction of sp³-hybridized carbons (Fsp3) is 0.211. The van der Waals surface area contributed by atoms with Crippen molar-refractivity contribution >= 4 is 34.8 Å². The van der Waals surface area contributed by atoms with E-state index in [0.717, 1.165) is 11.3 Å². The largest absolute Gasteiger partial charge is 0.322 e. The molecule has 2 aromatic rings. The normalized spacial score (nSPS) is 11.3. The Morgan fingerprint density at radius 3 is 2.31 bits per heavy atom. The average Bonchev–Trinajstić information content (AvgIpc) is 2.56. The number of nitriles is 1. The summed E-state index contributed by atoms with van der Waals surface area (Å²) >= 11 is 5.90. The van der Waals surface area contributed by atoms with E-state index in [0.29, 0.717) is 21.2 Å². The van der Waals surface area contributed by atoms with E-state index in [9.17, 15) is 9.59 Å². The van der Waals surface area contributed by atoms with E-state index in [1.165, 1.54) is 6.07 Å². The molecule has 0 bridgehead atoms. The quantitative estimate of drug-likeness (QED) is 0.721. The number of anilines is 2. The van der Waals surface area contributed by atoms with Crippen molar-refractivity contribution in [3.63, 3.8) is 0 Å². The number of halogens is 1. The van der Waals surface area contributed by atoms with Gasteiger partial charge in [-0.05, 0) is 37.3 Å². The van der Waals surface area contributed by atoms with Gasteiger partial charge >= 0.3 is 0 Å². The lowest BCUT2D eigenvalue weighted by molar-refractivity contribution is -0.862. The van der Waals surface area contributed by atoms with Crippen LogP contribution in [0.2, 0.25) is 5.02 Å². The molecule has 6 nitrogen and oxygen atoms in total. The molecule has 1 atom stereocenters. The average molecular weight is 372 g/mol. The maximum Gasteiger partial charge on any atom is 0.279 e. The van der Waals surface area contributed by atoms with Crippen LogP contribution in [0.1, 0.15) is 11.1 Å². The molecule has 0 aliphatic carbocycles. The number of likely N-dealkylation sites (N-methyl/N-ethyl adjacent to an activating group) is 1. The standard InChI is InChI=1S/C19H19ClN4O2/c1-13-3-7-16(8-4-13)22-18(25)11-24(2)12-19(26)23-17-9-15(20)6-5-14(17)10-21/h3-9H,11-12H2,1-2H3,(H,22,25)(H,23,26)/p+1. The number of hydrogen-bond acceptors (Lipinski definition) is 3. The third-order valence-electron chi connectivity index (χ3n) is 3.64. The molecule has 0 aliphatic rings. The summed E-state index contributed by atoms with van der Waals surface area (Å²) in [6.45, 7) is 2.19. The Kier molecular flexibility index (Phi) is 6.73. The van der Waals surface area contributed by atoms with E-state index < -0.39 is 0 Å². The van der Waals surface area contributed by atoms with Crippen LogP contribution in [0.15, 0.2) is 42.5 Å². The van der Waals surface area contributed by atoms with Crippen LogP contribution >= 0.6 is 11.6 Å². The van der Waals surface area contributed by atoms with E-state index in [1.807, 2.05) is 37.3 Å². The fourth-order valence-corrected chi connectivity index (χ4v) is 2.54. The van der Waals surface area contributed by atoms with Crippen LogP contribution in [-0.4, -0.2) is 32.0 Å². The summed E-state index contributed by atoms with van der Waals surface area (Å²) in [6, 6.07) is 14.1. The van der Waals surface area contributed by atoms with Gasteiger partial charge in [-0.15, -0.1) is 0 Å². The minimum atomic E-state index is -0.301. The molecular weight excluding hydrogens is 352 g/mol. The highest BCUT2D eigenvalue weighted by atomic mass is 35.5. The Bertz CT molecular complexity index is 844. The summed E-state index contributed by atoms with van der Waals surface area (Å²) in [4.78, 5) is 24.9. The molecule has 2 aromatic carbocycles. The first-order valence-electron chi connectivity index (χ1n) is 8.04. The Labute approximate surface area is 157 Å². The van der Waals surface area contributed by atoms with Crippen LogP contribution in [0.5, 0.6) is 0 Å². The Balaban J connectivity index is 1.87. The van der Waals surface area contributed by atoms with E-state index >= 15 is 0 Å². The van der Waals surface area contributed by atoms with Crippen LogP contribution in [0, 0.1) is 18.3 Å². The number of carbonyl (C=O) groups is 2. The number of benzene rings is 2. The number of nitrogens with one attached hydrogen (secondary N) is 3. The van der Waals surface area contributed by atoms with Crippen molar-refractivity contribution in [1.29, 1.82) is 5.26 Å². The summed E-state index contributed by atoms with van der Waals surface area (Å²) in [5.41, 5.74) is 2.52. The zero-order valence-electron chi connectivity index (χ0n) is 14.6. The zero-order valence-corrected chi connectivity index (χ0v) is 15.4. The van der Waals surface area contributed by atoms with Gasteiger partial charge in [-0.3, -0.25) is 9.59 Å². The zero-order chi connectivity index (χ0) is 19.1. The number of carbonyl (C=O) groups excluding carboxylic acids is 2. The third-order valence-corrected chi connectivity index (χ3v) is 3.87. The van der Waals surface area contributed by atoms with Gasteiger partial charge in [0.15, 0.2) is 13.1 Å². The molecule has 0 saturated heterocycles. The summed E-state index contributed by atoms with van der Waals surface area (Å²) in [5, 5.41) is 15.0. The predicted octanol–water partition coefficient (Wildman–Crippen LogP) is 1.61. The number of hydrogen-bond donors (Lipinski definition) is 3. The summed E-state index contributed by atoms with van der Waals surface area (Å²) in [5.74, 6) is -0.482. The highest BCUT2D eigenvalue weighted by Crippen LogP contribution is 2.20. The van der Waals surface area contributed by atoms with E-state index in [1.54, 1.807) is 19.2 Å². The lowest BCUT2D eigenvalue weighted by Crippen LogP contribution is -3.11. The highest BCUT2D eigenvalue weighted by Gasteiger charge is 2.15. The van der Waals surface area contributed by atoms with Gasteiger partial charge in [-0.1, -0.05) is 29.3 Å². The molecule has 7 heteroatoms. The van der Waals surface area contributed by atoms with Crippen LogP contribution in [0.25, 0.3) is 0 Å². The maximum atomic E-state index is 12.2. The number of nitrogens with zero attached hydrogens (tertiary/aromatic N) is 1. The molecule has 0 aromatic heterocycles. The van der Waals surface area contributed by atoms with Crippen molar-refractivity contribution in [2.75, 3.05) is 30.8 Å². The predicted molar refractivity (Wildman–Crippen MR) is 101 cm³/mol. The van der Waals surface area contributed by atoms with Gasteiger partial charge in [0.2, 0.25) is 0 Å². The van der Waals surface area contributed by atoms with Crippen molar-refractivity contribution in [3.8, 4) is 6.07 Å². The minimum Gasteiger partial charge on any atom is -0.322 e. The van der Waals surface area contributed by atoms with Gasteiger partial charge in [0.1, 0.15) is 6.07 Å². The van der Waals surface area contributed by atoms with Crippen molar-refractivity contribution in [2.45, 2.75) is 6.92 Å². The maximum absolute atomic E-state index is 12.2. The summed E-state index contributed by atoms with van der Waals surface area (Å²) < 4.78 is 0. The molecule has 0 radical (unpaired) electrons. The van der Waals surface area contributed by atoms with Gasteiger partial charge in [0.05, 0.1) is 18.3 Å². The van der Waals surface area contributed by atoms with Crippen molar-refractivity contribution in [3.05, 3.63) is 58.6 Å². The minimum absolute atomic E-state index is 0.0820. The molecule has 134 valence electrons. The van der Waals surface area contributed by atoms with E-state index in [4.69, 9.17) is 16.9 Å². The Morgan fingerprint density at radius 2 is 1.69 bits per heavy atom. The lowest BCUT2D eigenvalue weighted by Gasteiger charge is -2.14. The molecule has 3 N–H and O–H groups in total. The van der Waals surface area contributed by atoms with Crippen molar-refractivity contribution in [2.24, 2.45) is 0 Å². The second kappa shape index (κ2) is 8.99. The smallest absolute Gasteiger partial charge is 0.279 e. The second-order valence-corrected chi connectivity index (χ2v) is 6.51. The molecule has 1 unspecified atom stereocenters. The topological polar surface area (TPSA) is 86.4 Å². The van der Waals surface area contributed by atoms with Crippen LogP contribution in [0.3, 0.4) is 0 Å². The summed E-state index contributed by atoms with van der Waals surface area (Å²) in [7, 11) is 1.75. The fourth-order valence-electron chi connectivity index (χ4n) is 2.36. The Hall–Kier alpha value is -2.88. The number of aryl methyl sites for hydroxylation is 1. The molecule has 0 aliphatic heterocycles. The van der Waals surface area contributed by atoms with Crippen LogP contribution < -0.4 is 15.5 Å². The lowest BCUT2D eigenvalue weighted by atomic mass is 10.2. The van der Waals surface area contributed by atoms with Crippen molar-refractivity contribution < 1.29 is 14.5 Å². The first kappa shape index (κ1) is 19.4. The first-order valence-corrected chi connectivity index (χ1v) is 8.42. The first-order chi connectivity index (χ1) is 12.4. The SMILES string of the molecule is Cc1ccc(NC(=O)C[NH+](C)CC(=O)Nc2cc(Cl)ccc2C#N)cc1. The molecule has 0 spiro atoms. The van der Waals surface area contributed by atoms with Crippen molar-refractivity contribution in [1.82, 2.24) is 0 Å². The van der Waals surface area contributed by atoms with Gasteiger partial charge in [0, 0.05) is 10.7 Å². The summed E-state index contributed by atoms with van der Waals surface area (Å²) in [6.07, 6.45) is 0. The monoisotopic (exact) mass is 371 g/mol. The molecule has 26 heavy (non-hydrogen) atoms. The highest BCUT2D eigenvalue weighted by molar-refractivity contribution is 6.31. The van der Waals surface area contributed by atoms with Gasteiger partial charge in [-0.2, -0.15) is 5.26 Å². The van der Waals surface area contributed by atoms with Gasteiger partial charge in [-0.25, -0.2) is 0 Å². The molecule has 0 saturated carbocycles. The van der Waals surface area contributed by atoms with Gasteiger partial charge in [0.25, 0.3) is 11.8 Å². The van der Waals surface area contributed by atoms with Crippen LogP contribution in [0.4, 0.5) is 11.4 Å². The molecular formula is C19H20ClN4O2+. The molecule has 2 rings (SSSR count). The second-order valence-electron chi connectivity index (χ2n) is 6.07. The molecule has 2 amide bonds. The molecule has 0 fully saturated rings. The number of amides is 2. The number of rotatable bonds is 6. The van der Waals surface area contributed by atoms with Crippen LogP contribution in [-0.2, 0) is 9.59 Å². The number of quaternary nitrogens is 1. The van der Waals surface area contributed by atoms with E-state index in [2.05, 4.69) is 10.6 Å². The molecule has 0 heterocycles.